The summed E-state index contributed by atoms with van der Waals surface area (Å²) < 4.78 is 10.6. The van der Waals surface area contributed by atoms with Gasteiger partial charge in [0.25, 0.3) is 0 Å². The Balaban J connectivity index is 1.60. The van der Waals surface area contributed by atoms with E-state index in [4.69, 9.17) is 19.7 Å². The highest BCUT2D eigenvalue weighted by Gasteiger charge is 2.13. The summed E-state index contributed by atoms with van der Waals surface area (Å²) in [5, 5.41) is 17.8. The van der Waals surface area contributed by atoms with Crippen LogP contribution in [0.2, 0.25) is 0 Å². The highest BCUT2D eigenvalue weighted by Crippen LogP contribution is 2.15. The maximum absolute atomic E-state index is 12.2. The van der Waals surface area contributed by atoms with Crippen molar-refractivity contribution >= 4 is 23.9 Å². The first kappa shape index (κ1) is 22.2. The van der Waals surface area contributed by atoms with Crippen molar-refractivity contribution in [2.75, 3.05) is 0 Å². The second kappa shape index (κ2) is 10.0. The number of carbonyl (C=O) groups is 4. The van der Waals surface area contributed by atoms with Crippen molar-refractivity contribution in [2.24, 2.45) is 0 Å². The number of hydrogen-bond donors (Lipinski definition) is 2. The third kappa shape index (κ3) is 5.57. The van der Waals surface area contributed by atoms with Gasteiger partial charge in [0.05, 0.1) is 22.3 Å². The molecule has 8 nitrogen and oxygen atoms in total. The third-order valence-corrected chi connectivity index (χ3v) is 4.57. The fraction of sp³-hybridized carbons (Fsp3) is 0.0833. The number of hydrogen-bond acceptors (Lipinski definition) is 6. The fourth-order valence-electron chi connectivity index (χ4n) is 2.79. The van der Waals surface area contributed by atoms with Gasteiger partial charge in [0.15, 0.2) is 0 Å². The molecular formula is C24H18O8. The molecule has 0 amide bonds. The van der Waals surface area contributed by atoms with Gasteiger partial charge in [0.1, 0.15) is 13.2 Å². The molecule has 0 bridgehead atoms. The predicted molar refractivity (Wildman–Crippen MR) is 111 cm³/mol. The number of ether oxygens (including phenoxy) is 2. The van der Waals surface area contributed by atoms with E-state index in [9.17, 15) is 19.2 Å². The molecule has 0 saturated heterocycles. The summed E-state index contributed by atoms with van der Waals surface area (Å²) in [4.78, 5) is 46.3. The second-order valence-electron chi connectivity index (χ2n) is 6.69. The Bertz CT molecular complexity index is 1050. The van der Waals surface area contributed by atoms with Crippen LogP contribution in [0.25, 0.3) is 0 Å². The van der Waals surface area contributed by atoms with E-state index in [1.165, 1.54) is 48.5 Å². The molecule has 0 aliphatic carbocycles. The first-order valence-corrected chi connectivity index (χ1v) is 9.43. The minimum atomic E-state index is -1.09. The Morgan fingerprint density at radius 3 is 1.16 bits per heavy atom. The highest BCUT2D eigenvalue weighted by molar-refractivity contribution is 5.93. The number of esters is 2. The van der Waals surface area contributed by atoms with Gasteiger partial charge in [-0.05, 0) is 59.7 Å². The van der Waals surface area contributed by atoms with Crippen molar-refractivity contribution in [1.82, 2.24) is 0 Å². The van der Waals surface area contributed by atoms with Crippen molar-refractivity contribution in [3.63, 3.8) is 0 Å². The van der Waals surface area contributed by atoms with Crippen LogP contribution in [0, 0.1) is 0 Å². The zero-order valence-corrected chi connectivity index (χ0v) is 16.7. The van der Waals surface area contributed by atoms with Gasteiger partial charge < -0.3 is 19.7 Å². The van der Waals surface area contributed by atoms with E-state index in [2.05, 4.69) is 0 Å². The van der Waals surface area contributed by atoms with Crippen molar-refractivity contribution in [3.05, 3.63) is 106 Å². The Morgan fingerprint density at radius 1 is 0.531 bits per heavy atom. The molecule has 0 spiro atoms. The topological polar surface area (TPSA) is 127 Å². The van der Waals surface area contributed by atoms with Crippen LogP contribution in [0.3, 0.4) is 0 Å². The minimum Gasteiger partial charge on any atom is -0.478 e. The molecule has 0 aliphatic rings. The average Bonchev–Trinajstić information content (AvgIpc) is 2.81. The van der Waals surface area contributed by atoms with Gasteiger partial charge in [0, 0.05) is 0 Å². The lowest BCUT2D eigenvalue weighted by molar-refractivity contribution is 0.0435. The quantitative estimate of drug-likeness (QED) is 0.513. The first-order valence-electron chi connectivity index (χ1n) is 9.43. The van der Waals surface area contributed by atoms with Gasteiger partial charge >= 0.3 is 23.9 Å². The van der Waals surface area contributed by atoms with E-state index in [1.54, 1.807) is 24.3 Å². The normalized spacial score (nSPS) is 10.2. The predicted octanol–water partition coefficient (Wildman–Crippen LogP) is 3.80. The van der Waals surface area contributed by atoms with Gasteiger partial charge in [-0.25, -0.2) is 19.2 Å². The summed E-state index contributed by atoms with van der Waals surface area (Å²) in [7, 11) is 0. The number of carboxylic acid groups (broad SMARTS) is 2. The largest absolute Gasteiger partial charge is 0.478 e. The van der Waals surface area contributed by atoms with Crippen molar-refractivity contribution in [3.8, 4) is 0 Å². The first-order chi connectivity index (χ1) is 15.3. The minimum absolute atomic E-state index is 0.0614. The molecule has 0 heterocycles. The van der Waals surface area contributed by atoms with Crippen LogP contribution in [0.4, 0.5) is 0 Å². The molecule has 0 aromatic heterocycles. The van der Waals surface area contributed by atoms with Crippen LogP contribution in [-0.2, 0) is 22.7 Å². The van der Waals surface area contributed by atoms with Gasteiger partial charge in [-0.15, -0.1) is 0 Å². The SMILES string of the molecule is O=C(O)c1ccc(C(=O)OCc2ccccc2COC(=O)c2ccc(C(=O)O)cc2)cc1. The lowest BCUT2D eigenvalue weighted by Gasteiger charge is -2.11. The number of carbonyl (C=O) groups excluding carboxylic acids is 2. The molecular weight excluding hydrogens is 416 g/mol. The average molecular weight is 434 g/mol. The van der Waals surface area contributed by atoms with E-state index in [0.717, 1.165) is 0 Å². The van der Waals surface area contributed by atoms with Crippen molar-refractivity contribution in [1.29, 1.82) is 0 Å². The lowest BCUT2D eigenvalue weighted by Crippen LogP contribution is -2.10. The smallest absolute Gasteiger partial charge is 0.338 e. The van der Waals surface area contributed by atoms with Crippen LogP contribution >= 0.6 is 0 Å². The standard InChI is InChI=1S/C24H18O8/c25-21(26)15-5-9-17(10-6-15)23(29)31-13-19-3-1-2-4-20(19)14-32-24(30)18-11-7-16(8-12-18)22(27)28/h1-12H,13-14H2,(H,25,26)(H,27,28). The second-order valence-corrected chi connectivity index (χ2v) is 6.69. The zero-order valence-electron chi connectivity index (χ0n) is 16.7. The Hall–Kier alpha value is -4.46. The maximum atomic E-state index is 12.2. The van der Waals surface area contributed by atoms with Gasteiger partial charge in [-0.2, -0.15) is 0 Å². The molecule has 3 aromatic rings. The monoisotopic (exact) mass is 434 g/mol. The molecule has 0 atom stereocenters. The lowest BCUT2D eigenvalue weighted by atomic mass is 10.1. The number of benzene rings is 3. The molecule has 0 radical (unpaired) electrons. The van der Waals surface area contributed by atoms with E-state index >= 15 is 0 Å². The number of rotatable bonds is 8. The van der Waals surface area contributed by atoms with Crippen LogP contribution in [0.5, 0.6) is 0 Å². The summed E-state index contributed by atoms with van der Waals surface area (Å²) >= 11 is 0. The molecule has 0 unspecified atom stereocenters. The fourth-order valence-corrected chi connectivity index (χ4v) is 2.79. The van der Waals surface area contributed by atoms with Crippen LogP contribution in [-0.4, -0.2) is 34.1 Å². The van der Waals surface area contributed by atoms with Gasteiger partial charge in [-0.3, -0.25) is 0 Å². The molecule has 0 saturated carbocycles. The molecule has 8 heteroatoms. The van der Waals surface area contributed by atoms with E-state index in [0.29, 0.717) is 11.1 Å². The molecule has 0 fully saturated rings. The van der Waals surface area contributed by atoms with E-state index in [-0.39, 0.29) is 35.5 Å². The molecule has 0 aliphatic heterocycles. The van der Waals surface area contributed by atoms with Crippen molar-refractivity contribution < 1.29 is 38.9 Å². The van der Waals surface area contributed by atoms with Gasteiger partial charge in [-0.1, -0.05) is 24.3 Å². The summed E-state index contributed by atoms with van der Waals surface area (Å²) in [5.74, 6) is -3.42. The van der Waals surface area contributed by atoms with Crippen LogP contribution in [0.15, 0.2) is 72.8 Å². The molecule has 3 rings (SSSR count). The number of aromatic carboxylic acids is 2. The Morgan fingerprint density at radius 2 is 0.844 bits per heavy atom. The molecule has 32 heavy (non-hydrogen) atoms. The van der Waals surface area contributed by atoms with Crippen molar-refractivity contribution in [2.45, 2.75) is 13.2 Å². The third-order valence-electron chi connectivity index (χ3n) is 4.57. The summed E-state index contributed by atoms with van der Waals surface area (Å²) in [5.41, 5.74) is 1.82. The maximum Gasteiger partial charge on any atom is 0.338 e. The molecule has 2 N–H and O–H groups in total. The molecule has 162 valence electrons. The van der Waals surface area contributed by atoms with Gasteiger partial charge in [0.2, 0.25) is 0 Å². The number of carboxylic acids is 2. The summed E-state index contributed by atoms with van der Waals surface area (Å²) in [6.45, 7) is -0.138. The van der Waals surface area contributed by atoms with Crippen LogP contribution in [0.1, 0.15) is 52.6 Å². The highest BCUT2D eigenvalue weighted by atomic mass is 16.5. The zero-order chi connectivity index (χ0) is 23.1. The van der Waals surface area contributed by atoms with E-state index < -0.39 is 23.9 Å². The summed E-state index contributed by atoms with van der Waals surface area (Å²) in [6.07, 6.45) is 0. The Labute approximate surface area is 182 Å². The Kier molecular flexibility index (Phi) is 6.97. The molecule has 3 aromatic carbocycles. The summed E-state index contributed by atoms with van der Waals surface area (Å²) in [6, 6.07) is 17.7. The van der Waals surface area contributed by atoms with E-state index in [1.807, 2.05) is 0 Å². The van der Waals surface area contributed by atoms with Crippen LogP contribution < -0.4 is 0 Å².